The van der Waals surface area contributed by atoms with Crippen molar-refractivity contribution in [2.75, 3.05) is 12.4 Å². The van der Waals surface area contributed by atoms with E-state index < -0.39 is 15.8 Å². The second-order valence-electron chi connectivity index (χ2n) is 10.8. The Balaban J connectivity index is 2.20. The molecule has 0 spiro atoms. The van der Waals surface area contributed by atoms with Crippen molar-refractivity contribution in [1.82, 2.24) is 0 Å². The Bertz CT molecular complexity index is 1250. The Labute approximate surface area is 222 Å². The largest absolute Gasteiger partial charge is 0.493 e. The van der Waals surface area contributed by atoms with Gasteiger partial charge in [-0.3, -0.25) is 0 Å². The first-order valence-corrected chi connectivity index (χ1v) is 15.2. The third kappa shape index (κ3) is 6.64. The predicted octanol–water partition coefficient (Wildman–Crippen LogP) is 7.98. The van der Waals surface area contributed by atoms with Crippen LogP contribution in [0.5, 0.6) is 5.75 Å². The SMILES string of the molecule is CC=Cc1ccc(C(=O)O)c(-c2cc3c(cc2OCCCCCCCC)S(=O)(=O)CCCC3(C)C)c1C. The number of fused-ring (bicyclic) bond motifs is 1. The average Bonchev–Trinajstić information content (AvgIpc) is 2.92. The topological polar surface area (TPSA) is 80.7 Å². The third-order valence-electron chi connectivity index (χ3n) is 7.47. The van der Waals surface area contributed by atoms with Crippen LogP contribution >= 0.6 is 0 Å². The van der Waals surface area contributed by atoms with Crippen LogP contribution in [0, 0.1) is 6.92 Å². The Morgan fingerprint density at radius 2 is 1.81 bits per heavy atom. The maximum Gasteiger partial charge on any atom is 0.336 e. The van der Waals surface area contributed by atoms with Crippen molar-refractivity contribution in [1.29, 1.82) is 0 Å². The Kier molecular flexibility index (Phi) is 9.63. The second kappa shape index (κ2) is 12.3. The zero-order valence-electron chi connectivity index (χ0n) is 23.0. The van der Waals surface area contributed by atoms with Crippen LogP contribution in [0.25, 0.3) is 17.2 Å². The molecule has 0 aliphatic carbocycles. The molecular formula is C31H42O5S. The summed E-state index contributed by atoms with van der Waals surface area (Å²) in [6.45, 7) is 10.6. The van der Waals surface area contributed by atoms with E-state index in [1.165, 1.54) is 19.3 Å². The number of unbranched alkanes of at least 4 members (excludes halogenated alkanes) is 5. The number of carboxylic acids is 1. The first-order valence-electron chi connectivity index (χ1n) is 13.6. The molecular weight excluding hydrogens is 484 g/mol. The first kappa shape index (κ1) is 29.0. The lowest BCUT2D eigenvalue weighted by molar-refractivity contribution is 0.0697. The molecule has 0 atom stereocenters. The fourth-order valence-corrected chi connectivity index (χ4v) is 6.99. The smallest absolute Gasteiger partial charge is 0.336 e. The molecule has 2 aromatic rings. The number of benzene rings is 2. The molecule has 0 bridgehead atoms. The van der Waals surface area contributed by atoms with Gasteiger partial charge in [0.2, 0.25) is 0 Å². The van der Waals surface area contributed by atoms with E-state index in [1.807, 2.05) is 38.1 Å². The number of rotatable bonds is 11. The van der Waals surface area contributed by atoms with Gasteiger partial charge in [-0.2, -0.15) is 0 Å². The van der Waals surface area contributed by atoms with Crippen molar-refractivity contribution in [2.45, 2.75) is 96.3 Å². The molecule has 5 nitrogen and oxygen atoms in total. The average molecular weight is 527 g/mol. The van der Waals surface area contributed by atoms with Crippen molar-refractivity contribution in [3.63, 3.8) is 0 Å². The van der Waals surface area contributed by atoms with Crippen LogP contribution in [-0.4, -0.2) is 31.9 Å². The van der Waals surface area contributed by atoms with E-state index in [-0.39, 0.29) is 16.7 Å². The zero-order valence-corrected chi connectivity index (χ0v) is 23.8. The minimum absolute atomic E-state index is 0.107. The Hall–Kier alpha value is -2.60. The van der Waals surface area contributed by atoms with Crippen LogP contribution in [0.4, 0.5) is 0 Å². The number of allylic oxidation sites excluding steroid dienone is 1. The van der Waals surface area contributed by atoms with Crippen molar-refractivity contribution < 1.29 is 23.1 Å². The van der Waals surface area contributed by atoms with Gasteiger partial charge in [0.25, 0.3) is 0 Å². The van der Waals surface area contributed by atoms with Gasteiger partial charge in [0.05, 0.1) is 22.8 Å². The van der Waals surface area contributed by atoms with E-state index in [9.17, 15) is 18.3 Å². The molecule has 0 saturated heterocycles. The molecule has 6 heteroatoms. The van der Waals surface area contributed by atoms with Crippen LogP contribution in [-0.2, 0) is 15.3 Å². The molecule has 1 heterocycles. The van der Waals surface area contributed by atoms with E-state index in [0.29, 0.717) is 34.8 Å². The number of carbonyl (C=O) groups is 1. The summed E-state index contributed by atoms with van der Waals surface area (Å²) >= 11 is 0. The molecule has 0 saturated carbocycles. The van der Waals surface area contributed by atoms with Gasteiger partial charge < -0.3 is 9.84 Å². The lowest BCUT2D eigenvalue weighted by atomic mass is 9.79. The number of aromatic carboxylic acids is 1. The number of ether oxygens (including phenoxy) is 1. The monoisotopic (exact) mass is 526 g/mol. The molecule has 0 aromatic heterocycles. The van der Waals surface area contributed by atoms with Gasteiger partial charge in [0.1, 0.15) is 5.75 Å². The lowest BCUT2D eigenvalue weighted by Crippen LogP contribution is -2.18. The van der Waals surface area contributed by atoms with Crippen LogP contribution in [0.1, 0.15) is 106 Å². The normalized spacial score (nSPS) is 16.4. The minimum Gasteiger partial charge on any atom is -0.493 e. The first-order chi connectivity index (χ1) is 17.5. The highest BCUT2D eigenvalue weighted by Crippen LogP contribution is 2.45. The van der Waals surface area contributed by atoms with Crippen LogP contribution in [0.2, 0.25) is 0 Å². The molecule has 1 aliphatic heterocycles. The van der Waals surface area contributed by atoms with Crippen LogP contribution < -0.4 is 4.74 Å². The predicted molar refractivity (Wildman–Crippen MR) is 151 cm³/mol. The molecule has 0 unspecified atom stereocenters. The third-order valence-corrected chi connectivity index (χ3v) is 9.30. The fraction of sp³-hybridized carbons (Fsp3) is 0.516. The molecule has 1 aliphatic rings. The summed E-state index contributed by atoms with van der Waals surface area (Å²) < 4.78 is 32.8. The van der Waals surface area contributed by atoms with E-state index in [0.717, 1.165) is 42.4 Å². The van der Waals surface area contributed by atoms with E-state index in [1.54, 1.807) is 12.1 Å². The van der Waals surface area contributed by atoms with Crippen LogP contribution in [0.3, 0.4) is 0 Å². The molecule has 3 rings (SSSR count). The molecule has 202 valence electrons. The van der Waals surface area contributed by atoms with Gasteiger partial charge in [-0.1, -0.05) is 71.1 Å². The van der Waals surface area contributed by atoms with Gasteiger partial charge in [0, 0.05) is 11.1 Å². The van der Waals surface area contributed by atoms with Gasteiger partial charge >= 0.3 is 5.97 Å². The molecule has 0 amide bonds. The van der Waals surface area contributed by atoms with Gasteiger partial charge in [0.15, 0.2) is 9.84 Å². The van der Waals surface area contributed by atoms with Crippen molar-refractivity contribution >= 4 is 21.9 Å². The number of sulfone groups is 1. The molecule has 37 heavy (non-hydrogen) atoms. The van der Waals surface area contributed by atoms with Crippen molar-refractivity contribution in [3.8, 4) is 16.9 Å². The fourth-order valence-electron chi connectivity index (χ4n) is 5.29. The zero-order chi connectivity index (χ0) is 27.2. The highest BCUT2D eigenvalue weighted by molar-refractivity contribution is 7.91. The maximum absolute atomic E-state index is 13.3. The molecule has 0 radical (unpaired) electrons. The minimum atomic E-state index is -3.48. The maximum atomic E-state index is 13.3. The summed E-state index contributed by atoms with van der Waals surface area (Å²) in [5.41, 5.74) is 3.53. The Morgan fingerprint density at radius 3 is 2.49 bits per heavy atom. The summed E-state index contributed by atoms with van der Waals surface area (Å²) in [5, 5.41) is 10.1. The summed E-state index contributed by atoms with van der Waals surface area (Å²) in [6, 6.07) is 7.00. The van der Waals surface area contributed by atoms with Crippen LogP contribution in [0.15, 0.2) is 35.2 Å². The van der Waals surface area contributed by atoms with Crippen molar-refractivity contribution in [2.24, 2.45) is 0 Å². The lowest BCUT2D eigenvalue weighted by Gasteiger charge is -2.27. The Morgan fingerprint density at radius 1 is 1.11 bits per heavy atom. The second-order valence-corrected chi connectivity index (χ2v) is 12.9. The molecule has 2 aromatic carbocycles. The highest BCUT2D eigenvalue weighted by atomic mass is 32.2. The number of hydrogen-bond donors (Lipinski definition) is 1. The summed E-state index contributed by atoms with van der Waals surface area (Å²) in [6.07, 6.45) is 11.9. The number of hydrogen-bond acceptors (Lipinski definition) is 4. The van der Waals surface area contributed by atoms with Gasteiger partial charge in [-0.05, 0) is 73.4 Å². The van der Waals surface area contributed by atoms with E-state index >= 15 is 0 Å². The van der Waals surface area contributed by atoms with E-state index in [2.05, 4.69) is 20.8 Å². The summed E-state index contributed by atoms with van der Waals surface area (Å²) in [5.74, 6) is -0.471. The molecule has 1 N–H and O–H groups in total. The highest BCUT2D eigenvalue weighted by Gasteiger charge is 2.35. The standard InChI is InChI=1S/C31H42O5S/c1-6-8-9-10-11-12-18-36-27-21-28-26(31(4,5)17-13-19-37(28,34)35)20-25(27)29-22(3)23(14-7-2)15-16-24(29)30(32)33/h7,14-16,20-21H,6,8-13,17-19H2,1-5H3,(H,32,33). The summed E-state index contributed by atoms with van der Waals surface area (Å²) in [7, 11) is -3.48. The number of carboxylic acid groups (broad SMARTS) is 1. The summed E-state index contributed by atoms with van der Waals surface area (Å²) in [4.78, 5) is 12.6. The van der Waals surface area contributed by atoms with Gasteiger partial charge in [-0.15, -0.1) is 0 Å². The quantitative estimate of drug-likeness (QED) is 0.300. The molecule has 0 fully saturated rings. The van der Waals surface area contributed by atoms with E-state index in [4.69, 9.17) is 4.74 Å². The van der Waals surface area contributed by atoms with Gasteiger partial charge in [-0.25, -0.2) is 13.2 Å². The van der Waals surface area contributed by atoms with Crippen molar-refractivity contribution in [3.05, 3.63) is 52.6 Å².